The second-order valence-electron chi connectivity index (χ2n) is 9.76. The fourth-order valence-electron chi connectivity index (χ4n) is 5.29. The van der Waals surface area contributed by atoms with Crippen LogP contribution in [-0.4, -0.2) is 46.5 Å². The molecule has 0 bridgehead atoms. The van der Waals surface area contributed by atoms with Crippen LogP contribution in [0.3, 0.4) is 0 Å². The van der Waals surface area contributed by atoms with Gasteiger partial charge in [-0.2, -0.15) is 5.10 Å². The van der Waals surface area contributed by atoms with Crippen molar-refractivity contribution in [3.63, 3.8) is 0 Å². The normalized spacial score (nSPS) is 15.3. The second-order valence-corrected chi connectivity index (χ2v) is 10.7. The van der Waals surface area contributed by atoms with E-state index in [-0.39, 0.29) is 5.92 Å². The van der Waals surface area contributed by atoms with E-state index >= 15 is 0 Å². The van der Waals surface area contributed by atoms with Crippen molar-refractivity contribution in [3.05, 3.63) is 60.5 Å². The van der Waals surface area contributed by atoms with Crippen LogP contribution >= 0.6 is 11.3 Å². The first-order valence-corrected chi connectivity index (χ1v) is 13.7. The van der Waals surface area contributed by atoms with Crippen LogP contribution < -0.4 is 5.32 Å². The van der Waals surface area contributed by atoms with Crippen LogP contribution in [0.5, 0.6) is 0 Å². The lowest BCUT2D eigenvalue weighted by molar-refractivity contribution is 0.109. The van der Waals surface area contributed by atoms with Crippen LogP contribution in [0.15, 0.2) is 60.5 Å². The lowest BCUT2D eigenvalue weighted by atomic mass is 9.88. The van der Waals surface area contributed by atoms with Gasteiger partial charge in [0.1, 0.15) is 23.1 Å². The summed E-state index contributed by atoms with van der Waals surface area (Å²) in [5.74, 6) is 0.938. The van der Waals surface area contributed by atoms with E-state index in [0.29, 0.717) is 11.5 Å². The van der Waals surface area contributed by atoms with Gasteiger partial charge in [0.15, 0.2) is 5.82 Å². The largest absolute Gasteiger partial charge is 0.374 e. The van der Waals surface area contributed by atoms with E-state index in [0.717, 1.165) is 62.3 Å². The minimum atomic E-state index is -0.579. The molecule has 0 aliphatic heterocycles. The van der Waals surface area contributed by atoms with Crippen molar-refractivity contribution in [1.82, 2.24) is 35.1 Å². The third-order valence-electron chi connectivity index (χ3n) is 7.27. The summed E-state index contributed by atoms with van der Waals surface area (Å²) in [6, 6.07) is 9.97. The standard InChI is InChI=1S/C28H26N8OS/c37-28(16-5-2-1-3-6-16)32-18-11-17(13-29-14-18)21-12-19-22(15-31-21)35-36-24(19)27-33-20-8-9-30-26(25(20)34-27)23-7-4-10-38-23/h4,7-16,28,32,37H,1-3,5-6H2,(H,33,34)(H,35,36). The lowest BCUT2D eigenvalue weighted by Gasteiger charge is -2.27. The minimum absolute atomic E-state index is 0.273. The Hall–Kier alpha value is -4.15. The van der Waals surface area contributed by atoms with Gasteiger partial charge in [0.25, 0.3) is 0 Å². The van der Waals surface area contributed by atoms with E-state index < -0.39 is 6.23 Å². The highest BCUT2D eigenvalue weighted by Gasteiger charge is 2.22. The van der Waals surface area contributed by atoms with Crippen LogP contribution in [0, 0.1) is 5.92 Å². The maximum atomic E-state index is 10.7. The van der Waals surface area contributed by atoms with Gasteiger partial charge in [-0.15, -0.1) is 11.3 Å². The predicted molar refractivity (Wildman–Crippen MR) is 150 cm³/mol. The number of pyridine rings is 3. The first kappa shape index (κ1) is 23.0. The monoisotopic (exact) mass is 522 g/mol. The Morgan fingerprint density at radius 1 is 1.00 bits per heavy atom. The Kier molecular flexibility index (Phi) is 5.82. The van der Waals surface area contributed by atoms with Crippen molar-refractivity contribution in [1.29, 1.82) is 0 Å². The molecule has 6 heterocycles. The zero-order chi connectivity index (χ0) is 25.5. The first-order valence-electron chi connectivity index (χ1n) is 12.9. The van der Waals surface area contributed by atoms with Crippen LogP contribution in [-0.2, 0) is 0 Å². The van der Waals surface area contributed by atoms with Crippen LogP contribution in [0.2, 0.25) is 0 Å². The number of fused-ring (bicyclic) bond motifs is 2. The zero-order valence-corrected chi connectivity index (χ0v) is 21.4. The molecule has 190 valence electrons. The molecule has 1 fully saturated rings. The van der Waals surface area contributed by atoms with Crippen molar-refractivity contribution in [3.8, 4) is 33.3 Å². The van der Waals surface area contributed by atoms with Crippen molar-refractivity contribution in [2.45, 2.75) is 38.3 Å². The van der Waals surface area contributed by atoms with Gasteiger partial charge in [0.2, 0.25) is 0 Å². The summed E-state index contributed by atoms with van der Waals surface area (Å²) in [6.45, 7) is 0. The Morgan fingerprint density at radius 2 is 1.92 bits per heavy atom. The van der Waals surface area contributed by atoms with Crippen molar-refractivity contribution < 1.29 is 5.11 Å². The van der Waals surface area contributed by atoms with Gasteiger partial charge in [0, 0.05) is 29.3 Å². The highest BCUT2D eigenvalue weighted by Crippen LogP contribution is 2.33. The van der Waals surface area contributed by atoms with Crippen LogP contribution in [0.4, 0.5) is 5.69 Å². The molecule has 1 saturated carbocycles. The number of thiophene rings is 1. The Bertz CT molecular complexity index is 1720. The van der Waals surface area contributed by atoms with Crippen LogP contribution in [0.25, 0.3) is 55.3 Å². The van der Waals surface area contributed by atoms with Crippen molar-refractivity contribution >= 4 is 39.0 Å². The summed E-state index contributed by atoms with van der Waals surface area (Å²) in [5, 5.41) is 24.6. The zero-order valence-electron chi connectivity index (χ0n) is 20.6. The molecule has 9 nitrogen and oxygen atoms in total. The number of rotatable bonds is 6. The van der Waals surface area contributed by atoms with E-state index in [1.165, 1.54) is 19.3 Å². The minimum Gasteiger partial charge on any atom is -0.374 e. The summed E-state index contributed by atoms with van der Waals surface area (Å²) in [5.41, 5.74) is 6.50. The highest BCUT2D eigenvalue weighted by molar-refractivity contribution is 7.13. The molecular weight excluding hydrogens is 496 g/mol. The van der Waals surface area contributed by atoms with Gasteiger partial charge < -0.3 is 15.4 Å². The number of imidazole rings is 1. The molecule has 0 saturated heterocycles. The molecule has 6 aromatic rings. The fourth-order valence-corrected chi connectivity index (χ4v) is 6.02. The summed E-state index contributed by atoms with van der Waals surface area (Å²) in [7, 11) is 0. The number of hydrogen-bond donors (Lipinski definition) is 4. The predicted octanol–water partition coefficient (Wildman–Crippen LogP) is 6.00. The number of hydrogen-bond acceptors (Lipinski definition) is 8. The van der Waals surface area contributed by atoms with Gasteiger partial charge in [-0.25, -0.2) is 4.98 Å². The summed E-state index contributed by atoms with van der Waals surface area (Å²) in [6.07, 6.45) is 12.2. The molecule has 1 aliphatic carbocycles. The van der Waals surface area contributed by atoms with E-state index in [4.69, 9.17) is 4.98 Å². The summed E-state index contributed by atoms with van der Waals surface area (Å²) >= 11 is 1.64. The molecule has 0 spiro atoms. The quantitative estimate of drug-likeness (QED) is 0.198. The number of nitrogens with zero attached hydrogens (tertiary/aromatic N) is 5. The third kappa shape index (κ3) is 4.21. The van der Waals surface area contributed by atoms with Gasteiger partial charge >= 0.3 is 0 Å². The summed E-state index contributed by atoms with van der Waals surface area (Å²) in [4.78, 5) is 23.0. The SMILES string of the molecule is OC(Nc1cncc(-c2cc3c(-c4nc5c(-c6cccs6)nccc5[nH]4)n[nH]c3cn2)c1)C1CCCCC1. The number of aromatic amines is 2. The number of aliphatic hydroxyl groups excluding tert-OH is 1. The number of aromatic nitrogens is 7. The third-order valence-corrected chi connectivity index (χ3v) is 8.15. The topological polar surface area (TPSA) is 128 Å². The number of anilines is 1. The van der Waals surface area contributed by atoms with E-state index in [1.807, 2.05) is 35.7 Å². The van der Waals surface area contributed by atoms with Gasteiger partial charge in [-0.05, 0) is 42.5 Å². The number of nitrogens with one attached hydrogen (secondary N) is 3. The highest BCUT2D eigenvalue weighted by atomic mass is 32.1. The number of H-pyrrole nitrogens is 2. The molecule has 1 unspecified atom stereocenters. The molecule has 4 N–H and O–H groups in total. The van der Waals surface area contributed by atoms with E-state index in [2.05, 4.69) is 35.5 Å². The average Bonchev–Trinajstić information content (AvgIpc) is 3.73. The van der Waals surface area contributed by atoms with Crippen molar-refractivity contribution in [2.75, 3.05) is 5.32 Å². The smallest absolute Gasteiger partial charge is 0.159 e. The molecule has 0 aromatic carbocycles. The first-order chi connectivity index (χ1) is 18.7. The maximum Gasteiger partial charge on any atom is 0.159 e. The molecular formula is C28H26N8OS. The fraction of sp³-hybridized carbons (Fsp3) is 0.250. The maximum absolute atomic E-state index is 10.7. The molecule has 6 aromatic heterocycles. The van der Waals surface area contributed by atoms with Gasteiger partial charge in [0.05, 0.1) is 39.7 Å². The molecule has 1 aliphatic rings. The number of aliphatic hydroxyl groups is 1. The van der Waals surface area contributed by atoms with E-state index in [9.17, 15) is 5.11 Å². The van der Waals surface area contributed by atoms with Gasteiger partial charge in [-0.3, -0.25) is 20.1 Å². The Balaban J connectivity index is 1.22. The Labute approximate surface area is 222 Å². The lowest BCUT2D eigenvalue weighted by Crippen LogP contribution is -2.30. The van der Waals surface area contributed by atoms with Gasteiger partial charge in [-0.1, -0.05) is 25.3 Å². The summed E-state index contributed by atoms with van der Waals surface area (Å²) < 4.78 is 0. The van der Waals surface area contributed by atoms with E-state index in [1.54, 1.807) is 36.1 Å². The van der Waals surface area contributed by atoms with Crippen molar-refractivity contribution in [2.24, 2.45) is 5.92 Å². The molecule has 10 heteroatoms. The second kappa shape index (κ2) is 9.62. The molecule has 1 atom stereocenters. The van der Waals surface area contributed by atoms with Crippen LogP contribution in [0.1, 0.15) is 32.1 Å². The molecule has 7 rings (SSSR count). The molecule has 0 radical (unpaired) electrons. The molecule has 38 heavy (non-hydrogen) atoms. The average molecular weight is 523 g/mol. The molecule has 0 amide bonds. The Morgan fingerprint density at radius 3 is 2.79 bits per heavy atom.